The lowest BCUT2D eigenvalue weighted by Gasteiger charge is -2.04. The standard InChI is InChI=1S/H2O4S2.2H2O/c1-5(2)6(3)4;;/h(H,1,2)(H,3,4);2*1H2/p-2. The van der Waals surface area contributed by atoms with E-state index in [0.29, 0.717) is 0 Å². The fraction of sp³-hybridized carbons (Fsp3) is 0. The maximum Gasteiger partial charge on any atom is 0.0242 e. The lowest BCUT2D eigenvalue weighted by molar-refractivity contribution is 0.520. The van der Waals surface area contributed by atoms with Crippen molar-refractivity contribution < 1.29 is 28.5 Å². The Labute approximate surface area is 49.5 Å². The van der Waals surface area contributed by atoms with Crippen LogP contribution in [0.2, 0.25) is 0 Å². The van der Waals surface area contributed by atoms with Crippen molar-refractivity contribution in [3.63, 3.8) is 0 Å². The van der Waals surface area contributed by atoms with Crippen molar-refractivity contribution in [1.82, 2.24) is 0 Å². The summed E-state index contributed by atoms with van der Waals surface area (Å²) in [5.41, 5.74) is 0. The minimum atomic E-state index is -2.95. The van der Waals surface area contributed by atoms with Gasteiger partial charge in [-0.3, -0.25) is 8.42 Å². The zero-order valence-electron chi connectivity index (χ0n) is 3.45. The fourth-order valence-corrected chi connectivity index (χ4v) is 0. The molecule has 0 bridgehead atoms. The Morgan fingerprint density at radius 1 is 0.875 bits per heavy atom. The second kappa shape index (κ2) is 7.14. The molecule has 6 nitrogen and oxygen atoms in total. The van der Waals surface area contributed by atoms with E-state index in [-0.39, 0.29) is 11.0 Å². The third kappa shape index (κ3) is 9.46. The van der Waals surface area contributed by atoms with Gasteiger partial charge in [0.25, 0.3) is 0 Å². The van der Waals surface area contributed by atoms with Crippen molar-refractivity contribution in [2.24, 2.45) is 0 Å². The summed E-state index contributed by atoms with van der Waals surface area (Å²) in [7, 11) is -5.90. The van der Waals surface area contributed by atoms with Crippen LogP contribution in [0.15, 0.2) is 0 Å². The lowest BCUT2D eigenvalue weighted by Crippen LogP contribution is -1.94. The van der Waals surface area contributed by atoms with E-state index < -0.39 is 20.2 Å². The van der Waals surface area contributed by atoms with Crippen LogP contribution in [0.3, 0.4) is 0 Å². The molecule has 0 rings (SSSR count). The second-order valence-electron chi connectivity index (χ2n) is 0.408. The first-order valence-corrected chi connectivity index (χ1v) is 3.50. The molecule has 0 aliphatic heterocycles. The van der Waals surface area contributed by atoms with E-state index >= 15 is 0 Å². The SMILES string of the molecule is O.O.O=S([O-])S(=O)[O-]. The van der Waals surface area contributed by atoms with Gasteiger partial charge in [-0.1, -0.05) is 0 Å². The highest BCUT2D eigenvalue weighted by atomic mass is 33.2. The van der Waals surface area contributed by atoms with Gasteiger partial charge in [0, 0.05) is 20.2 Å². The molecule has 2 atom stereocenters. The maximum atomic E-state index is 9.09. The molecule has 0 aliphatic rings. The molecule has 0 spiro atoms. The van der Waals surface area contributed by atoms with Crippen LogP contribution in [0.5, 0.6) is 0 Å². The Balaban J connectivity index is -0.000000125. The molecule has 0 radical (unpaired) electrons. The van der Waals surface area contributed by atoms with E-state index in [0.717, 1.165) is 0 Å². The van der Waals surface area contributed by atoms with Crippen molar-refractivity contribution in [3.05, 3.63) is 0 Å². The molecule has 4 N–H and O–H groups in total. The average Bonchev–Trinajstić information content (AvgIpc) is 1.36. The summed E-state index contributed by atoms with van der Waals surface area (Å²) in [6.07, 6.45) is 0. The number of hydrogen-bond acceptors (Lipinski definition) is 4. The fourth-order valence-electron chi connectivity index (χ4n) is 0. The summed E-state index contributed by atoms with van der Waals surface area (Å²) in [4.78, 5) is 0. The van der Waals surface area contributed by atoms with Gasteiger partial charge in [-0.15, -0.1) is 0 Å². The predicted molar refractivity (Wildman–Crippen MR) is 25.1 cm³/mol. The van der Waals surface area contributed by atoms with Gasteiger partial charge in [0.15, 0.2) is 0 Å². The molecule has 8 heteroatoms. The van der Waals surface area contributed by atoms with Crippen LogP contribution in [-0.2, 0) is 20.2 Å². The summed E-state index contributed by atoms with van der Waals surface area (Å²) >= 11 is 0. The van der Waals surface area contributed by atoms with Gasteiger partial charge in [-0.25, -0.2) is 0 Å². The third-order valence-electron chi connectivity index (χ3n) is 0.111. The van der Waals surface area contributed by atoms with Crippen LogP contribution in [0.25, 0.3) is 0 Å². The van der Waals surface area contributed by atoms with E-state index in [1.807, 2.05) is 0 Å². The molecule has 0 aromatic carbocycles. The van der Waals surface area contributed by atoms with E-state index in [2.05, 4.69) is 0 Å². The van der Waals surface area contributed by atoms with E-state index in [4.69, 9.17) is 17.5 Å². The first-order valence-electron chi connectivity index (χ1n) is 0.833. The molecule has 0 aromatic rings. The highest BCUT2D eigenvalue weighted by molar-refractivity contribution is 8.56. The molecule has 0 fully saturated rings. The van der Waals surface area contributed by atoms with E-state index in [9.17, 15) is 0 Å². The largest absolute Gasteiger partial charge is 0.763 e. The molecular formula is H4O6S2-2. The van der Waals surface area contributed by atoms with Gasteiger partial charge in [0.1, 0.15) is 0 Å². The van der Waals surface area contributed by atoms with Crippen molar-refractivity contribution in [2.75, 3.05) is 0 Å². The van der Waals surface area contributed by atoms with Gasteiger partial charge in [-0.05, 0) is 0 Å². The molecule has 2 unspecified atom stereocenters. The van der Waals surface area contributed by atoms with Crippen molar-refractivity contribution in [3.8, 4) is 0 Å². The smallest absolute Gasteiger partial charge is 0.0242 e. The Morgan fingerprint density at radius 3 is 1.00 bits per heavy atom. The Kier molecular flexibility index (Phi) is 14.0. The second-order valence-corrected chi connectivity index (χ2v) is 2.86. The van der Waals surface area contributed by atoms with Gasteiger partial charge in [0.2, 0.25) is 0 Å². The van der Waals surface area contributed by atoms with Gasteiger partial charge >= 0.3 is 0 Å². The van der Waals surface area contributed by atoms with Gasteiger partial charge in [0.05, 0.1) is 0 Å². The predicted octanol–water partition coefficient (Wildman–Crippen LogP) is -2.99. The first kappa shape index (κ1) is 15.7. The molecular weight excluding hydrogens is 160 g/mol. The van der Waals surface area contributed by atoms with Crippen LogP contribution in [0.4, 0.5) is 0 Å². The molecule has 0 saturated carbocycles. The minimum absolute atomic E-state index is 0. The maximum absolute atomic E-state index is 9.09. The highest BCUT2D eigenvalue weighted by Gasteiger charge is 1.69. The summed E-state index contributed by atoms with van der Waals surface area (Å²) in [6.45, 7) is 0. The third-order valence-corrected chi connectivity index (χ3v) is 1.00. The van der Waals surface area contributed by atoms with Crippen molar-refractivity contribution in [2.45, 2.75) is 0 Å². The molecule has 0 saturated heterocycles. The first-order chi connectivity index (χ1) is 2.64. The lowest BCUT2D eigenvalue weighted by atomic mass is 15.9. The number of hydrogen-bond donors (Lipinski definition) is 0. The zero-order valence-corrected chi connectivity index (χ0v) is 5.08. The summed E-state index contributed by atoms with van der Waals surface area (Å²) in [6, 6.07) is 0. The summed E-state index contributed by atoms with van der Waals surface area (Å²) < 4.78 is 36.3. The van der Waals surface area contributed by atoms with Crippen molar-refractivity contribution >= 4 is 20.2 Å². The van der Waals surface area contributed by atoms with Crippen LogP contribution >= 0.6 is 0 Å². The molecule has 8 heavy (non-hydrogen) atoms. The van der Waals surface area contributed by atoms with Crippen LogP contribution in [-0.4, -0.2) is 28.5 Å². The molecule has 54 valence electrons. The van der Waals surface area contributed by atoms with Crippen LogP contribution in [0, 0.1) is 0 Å². The minimum Gasteiger partial charge on any atom is -0.763 e. The number of rotatable bonds is 1. The van der Waals surface area contributed by atoms with Gasteiger partial charge < -0.3 is 20.1 Å². The Bertz CT molecular complexity index is 72.5. The Hall–Kier alpha value is 0.140. The average molecular weight is 164 g/mol. The summed E-state index contributed by atoms with van der Waals surface area (Å²) in [5, 5.41) is 0. The normalized spacial score (nSPS) is 14.8. The quantitative estimate of drug-likeness (QED) is 0.300. The van der Waals surface area contributed by atoms with E-state index in [1.165, 1.54) is 0 Å². The molecule has 0 amide bonds. The van der Waals surface area contributed by atoms with Crippen LogP contribution in [0.1, 0.15) is 0 Å². The van der Waals surface area contributed by atoms with Crippen LogP contribution < -0.4 is 0 Å². The molecule has 0 aliphatic carbocycles. The Morgan fingerprint density at radius 2 is 1.00 bits per heavy atom. The topological polar surface area (TPSA) is 143 Å². The summed E-state index contributed by atoms with van der Waals surface area (Å²) in [5.74, 6) is 0. The van der Waals surface area contributed by atoms with E-state index in [1.54, 1.807) is 0 Å². The molecule has 0 aromatic heterocycles. The molecule has 0 heterocycles. The zero-order chi connectivity index (χ0) is 5.15. The van der Waals surface area contributed by atoms with Gasteiger partial charge in [-0.2, -0.15) is 0 Å². The highest BCUT2D eigenvalue weighted by Crippen LogP contribution is 1.73. The monoisotopic (exact) mass is 164 g/mol. The van der Waals surface area contributed by atoms with Crippen molar-refractivity contribution in [1.29, 1.82) is 0 Å².